The highest BCUT2D eigenvalue weighted by Gasteiger charge is 2.40. The molecule has 13 heteroatoms. The predicted octanol–water partition coefficient (Wildman–Crippen LogP) is 5.05. The lowest BCUT2D eigenvalue weighted by molar-refractivity contribution is -0.137. The predicted molar refractivity (Wildman–Crippen MR) is 121 cm³/mol. The number of hydrogen-bond donors (Lipinski definition) is 3. The molecule has 37 heavy (non-hydrogen) atoms. The Morgan fingerprint density at radius 3 is 2.62 bits per heavy atom. The summed E-state index contributed by atoms with van der Waals surface area (Å²) in [7, 11) is 0. The van der Waals surface area contributed by atoms with E-state index >= 15 is 0 Å². The summed E-state index contributed by atoms with van der Waals surface area (Å²) in [6, 6.07) is 2.41. The summed E-state index contributed by atoms with van der Waals surface area (Å²) in [6.07, 6.45) is -5.00. The van der Waals surface area contributed by atoms with Crippen LogP contribution in [0.5, 0.6) is 5.75 Å². The molecule has 5 rings (SSSR count). The zero-order valence-electron chi connectivity index (χ0n) is 20.9. The fraction of sp³-hybridized carbons (Fsp3) is 0.125. The molecule has 3 aromatic carbocycles. The van der Waals surface area contributed by atoms with E-state index in [2.05, 4.69) is 16.0 Å². The van der Waals surface area contributed by atoms with Crippen LogP contribution in [0.25, 0.3) is 0 Å². The molecular weight excluding hydrogens is 525 g/mol. The van der Waals surface area contributed by atoms with Crippen molar-refractivity contribution in [3.63, 3.8) is 0 Å². The highest BCUT2D eigenvalue weighted by atomic mass is 35.5. The van der Waals surface area contributed by atoms with Crippen LogP contribution in [0, 0.1) is 11.6 Å². The highest BCUT2D eigenvalue weighted by Crippen LogP contribution is 2.47. The van der Waals surface area contributed by atoms with E-state index in [9.17, 15) is 36.3 Å². The molecule has 0 aromatic heterocycles. The van der Waals surface area contributed by atoms with Gasteiger partial charge in [-0.15, -0.1) is 0 Å². The van der Waals surface area contributed by atoms with E-state index in [1.807, 2.05) is 0 Å². The van der Waals surface area contributed by atoms with Gasteiger partial charge in [-0.1, -0.05) is 11.6 Å². The molecule has 0 unspecified atom stereocenters. The first-order chi connectivity index (χ1) is 18.5. The minimum Gasteiger partial charge on any atom is -0.481 e. The molecule has 0 saturated heterocycles. The van der Waals surface area contributed by atoms with Gasteiger partial charge >= 0.3 is 6.18 Å². The first-order valence-corrected chi connectivity index (χ1v) is 10.6. The molecule has 0 fully saturated rings. The van der Waals surface area contributed by atoms with Crippen molar-refractivity contribution in [2.75, 3.05) is 17.2 Å². The summed E-state index contributed by atoms with van der Waals surface area (Å²) in [4.78, 5) is 38.5. The van der Waals surface area contributed by atoms with Crippen LogP contribution in [0.3, 0.4) is 0 Å². The minimum absolute atomic E-state index is 0.176. The topological polar surface area (TPSA) is 96.5 Å². The van der Waals surface area contributed by atoms with Gasteiger partial charge in [-0.3, -0.25) is 14.4 Å². The maximum absolute atomic E-state index is 14.2. The summed E-state index contributed by atoms with van der Waals surface area (Å²) in [5.74, 6) is -6.40. The summed E-state index contributed by atoms with van der Waals surface area (Å²) < 4.78 is 97.4. The van der Waals surface area contributed by atoms with Gasteiger partial charge in [0.2, 0.25) is 0 Å². The highest BCUT2D eigenvalue weighted by molar-refractivity contribution is 6.31. The number of halogens is 6. The van der Waals surface area contributed by atoms with Crippen LogP contribution in [0.4, 0.5) is 33.3 Å². The van der Waals surface area contributed by atoms with Gasteiger partial charge < -0.3 is 20.7 Å². The van der Waals surface area contributed by atoms with Gasteiger partial charge in [0.1, 0.15) is 17.4 Å². The van der Waals surface area contributed by atoms with Crippen LogP contribution >= 0.6 is 11.6 Å². The zero-order valence-corrected chi connectivity index (χ0v) is 18.7. The summed E-state index contributed by atoms with van der Waals surface area (Å²) in [5, 5.41) is 6.43. The van der Waals surface area contributed by atoms with Crippen molar-refractivity contribution >= 4 is 40.7 Å². The van der Waals surface area contributed by atoms with Gasteiger partial charge in [-0.05, 0) is 36.4 Å². The molecule has 3 amide bonds. The number of benzene rings is 3. The van der Waals surface area contributed by atoms with E-state index in [1.54, 1.807) is 0 Å². The molecule has 7 nitrogen and oxygen atoms in total. The fourth-order valence-electron chi connectivity index (χ4n) is 3.90. The standard InChI is InChI=1S/C24H13ClF5N3O4/c25-14-2-1-11(26)6-13(14)20-18-15(7-16-21(19(18)23(36)33-20)32-17(34)8-37-16)31-22(35)9-3-10(24(28,29)30)5-12(27)4-9/h1-7,20H,8H2,(H,31,35)(H,32,34)(H,33,36)/t20-/m0/s1/i8D2,20D. The molecule has 0 radical (unpaired) electrons. The number of fused-ring (bicyclic) bond motifs is 3. The van der Waals surface area contributed by atoms with Gasteiger partial charge in [-0.25, -0.2) is 8.78 Å². The lowest BCUT2D eigenvalue weighted by Crippen LogP contribution is -2.27. The average molecular weight is 541 g/mol. The Labute approximate surface area is 213 Å². The van der Waals surface area contributed by atoms with Gasteiger partial charge in [0.25, 0.3) is 17.7 Å². The second-order valence-electron chi connectivity index (χ2n) is 7.84. The van der Waals surface area contributed by atoms with Crippen molar-refractivity contribution in [2.45, 2.75) is 12.2 Å². The van der Waals surface area contributed by atoms with Crippen molar-refractivity contribution in [1.82, 2.24) is 5.32 Å². The molecule has 0 bridgehead atoms. The van der Waals surface area contributed by atoms with E-state index in [0.29, 0.717) is 12.1 Å². The monoisotopic (exact) mass is 540 g/mol. The second kappa shape index (κ2) is 8.73. The molecule has 0 spiro atoms. The molecule has 0 saturated carbocycles. The first-order valence-electron chi connectivity index (χ1n) is 11.7. The third-order valence-electron chi connectivity index (χ3n) is 5.43. The molecule has 0 aliphatic carbocycles. The smallest absolute Gasteiger partial charge is 0.416 e. The average Bonchev–Trinajstić information content (AvgIpc) is 3.12. The normalized spacial score (nSPS) is 20.9. The van der Waals surface area contributed by atoms with E-state index in [-0.39, 0.29) is 16.7 Å². The maximum Gasteiger partial charge on any atom is 0.416 e. The molecule has 3 aromatic rings. The Balaban J connectivity index is 1.73. The Morgan fingerprint density at radius 1 is 1.14 bits per heavy atom. The molecule has 2 heterocycles. The summed E-state index contributed by atoms with van der Waals surface area (Å²) in [6.45, 7) is -2.94. The van der Waals surface area contributed by atoms with Crippen molar-refractivity contribution < 1.29 is 45.2 Å². The van der Waals surface area contributed by atoms with Gasteiger partial charge in [-0.2, -0.15) is 13.2 Å². The van der Waals surface area contributed by atoms with Gasteiger partial charge in [0.15, 0.2) is 6.56 Å². The Kier molecular flexibility index (Phi) is 4.94. The molecule has 3 N–H and O–H groups in total. The summed E-state index contributed by atoms with van der Waals surface area (Å²) >= 11 is 6.20. The fourth-order valence-corrected chi connectivity index (χ4v) is 4.11. The number of carbonyl (C=O) groups is 3. The Hall–Kier alpha value is -4.19. The van der Waals surface area contributed by atoms with Crippen LogP contribution in [-0.2, 0) is 11.0 Å². The zero-order chi connectivity index (χ0) is 29.4. The van der Waals surface area contributed by atoms with Gasteiger partial charge in [0.05, 0.1) is 32.6 Å². The number of hydrogen-bond acceptors (Lipinski definition) is 4. The quantitative estimate of drug-likeness (QED) is 0.405. The summed E-state index contributed by atoms with van der Waals surface area (Å²) in [5.41, 5.74) is -4.39. The Morgan fingerprint density at radius 2 is 1.89 bits per heavy atom. The molecule has 1 atom stereocenters. The van der Waals surface area contributed by atoms with Crippen molar-refractivity contribution in [3.8, 4) is 5.75 Å². The minimum atomic E-state index is -5.00. The van der Waals surface area contributed by atoms with E-state index < -0.39 is 87.5 Å². The van der Waals surface area contributed by atoms with Crippen molar-refractivity contribution in [2.24, 2.45) is 0 Å². The number of carbonyl (C=O) groups excluding carboxylic acids is 3. The number of ether oxygens (including phenoxy) is 1. The molecule has 2 aliphatic rings. The van der Waals surface area contributed by atoms with E-state index in [4.69, 9.17) is 20.5 Å². The number of nitrogens with one attached hydrogen (secondary N) is 3. The van der Waals surface area contributed by atoms with Crippen molar-refractivity contribution in [3.05, 3.63) is 86.9 Å². The molecular formula is C24H13ClF5N3O4. The second-order valence-corrected chi connectivity index (χ2v) is 8.25. The maximum atomic E-state index is 14.2. The Bertz CT molecular complexity index is 1650. The van der Waals surface area contributed by atoms with Crippen LogP contribution in [0.15, 0.2) is 42.5 Å². The SMILES string of the molecule is [2H]C1([2H])Oc2cc(NC(=O)c3cc(F)cc(C(F)(F)F)c3)c3c(c2NC1=O)C(=O)N[C@@]3([2H])c1cc(F)ccc1Cl. The van der Waals surface area contributed by atoms with E-state index in [0.717, 1.165) is 24.3 Å². The van der Waals surface area contributed by atoms with E-state index in [1.165, 1.54) is 0 Å². The largest absolute Gasteiger partial charge is 0.481 e. The lowest BCUT2D eigenvalue weighted by atomic mass is 9.94. The van der Waals surface area contributed by atoms with Crippen LogP contribution in [-0.4, -0.2) is 24.3 Å². The van der Waals surface area contributed by atoms with Crippen LogP contribution in [0.1, 0.15) is 47.5 Å². The number of amides is 3. The third-order valence-corrected chi connectivity index (χ3v) is 5.76. The molecule has 2 aliphatic heterocycles. The first kappa shape index (κ1) is 20.9. The number of alkyl halides is 3. The number of anilines is 2. The van der Waals surface area contributed by atoms with Crippen LogP contribution < -0.4 is 20.7 Å². The third kappa shape index (κ3) is 4.44. The van der Waals surface area contributed by atoms with Gasteiger partial charge in [0, 0.05) is 27.8 Å². The van der Waals surface area contributed by atoms with Crippen molar-refractivity contribution in [1.29, 1.82) is 0 Å². The van der Waals surface area contributed by atoms with Crippen LogP contribution in [0.2, 0.25) is 5.02 Å². The molecule has 190 valence electrons. The lowest BCUT2D eigenvalue weighted by Gasteiger charge is -2.23. The number of rotatable bonds is 3.